The maximum atomic E-state index is 12.8. The van der Waals surface area contributed by atoms with E-state index in [1.165, 1.54) is 135 Å². The molecule has 10 nitrogen and oxygen atoms in total. The molecule has 2 atom stereocenters. The number of amides is 3. The van der Waals surface area contributed by atoms with Crippen LogP contribution in [0.2, 0.25) is 0 Å². The summed E-state index contributed by atoms with van der Waals surface area (Å²) in [5.41, 5.74) is 4.98. The Bertz CT molecular complexity index is 873. The van der Waals surface area contributed by atoms with E-state index in [0.717, 1.165) is 19.3 Å². The number of carbonyl (C=O) groups is 3. The molecule has 0 aliphatic rings. The minimum atomic E-state index is -0.953. The number of carbonyl (C=O) groups excluding carboxylic acids is 3. The van der Waals surface area contributed by atoms with E-state index in [1.807, 2.05) is 13.8 Å². The molecule has 0 rings (SSSR count). The average Bonchev–Trinajstić information content (AvgIpc) is 3.13. The summed E-state index contributed by atoms with van der Waals surface area (Å²) in [5.74, 6) is -1.30. The summed E-state index contributed by atoms with van der Waals surface area (Å²) in [6, 6.07) is -0.953. The molecule has 0 aliphatic heterocycles. The highest BCUT2D eigenvalue weighted by Gasteiger charge is 2.22. The van der Waals surface area contributed by atoms with Crippen LogP contribution < -0.4 is 16.4 Å². The van der Waals surface area contributed by atoms with Crippen molar-refractivity contribution >= 4 is 17.7 Å². The van der Waals surface area contributed by atoms with Crippen LogP contribution in [0.4, 0.5) is 0 Å². The largest absolute Gasteiger partial charge is 0.396 e. The molecule has 0 aromatic heterocycles. The molecular weight excluding hydrogens is 682 g/mol. The summed E-state index contributed by atoms with van der Waals surface area (Å²) in [5, 5.41) is 14.7. The van der Waals surface area contributed by atoms with E-state index < -0.39 is 17.6 Å². The Hall–Kier alpha value is -1.75. The van der Waals surface area contributed by atoms with E-state index in [9.17, 15) is 14.4 Å². The topological polar surface area (TPSA) is 149 Å². The van der Waals surface area contributed by atoms with E-state index in [1.54, 1.807) is 0 Å². The van der Waals surface area contributed by atoms with Crippen molar-refractivity contribution in [1.82, 2.24) is 10.6 Å². The monoisotopic (exact) mass is 770 g/mol. The predicted molar refractivity (Wildman–Crippen MR) is 222 cm³/mol. The molecule has 1 unspecified atom stereocenters. The van der Waals surface area contributed by atoms with Gasteiger partial charge in [0, 0.05) is 32.8 Å². The van der Waals surface area contributed by atoms with Crippen LogP contribution in [0, 0.1) is 0 Å². The van der Waals surface area contributed by atoms with Crippen molar-refractivity contribution in [3.63, 3.8) is 0 Å². The first kappa shape index (κ1) is 52.2. The van der Waals surface area contributed by atoms with E-state index in [-0.39, 0.29) is 50.4 Å². The number of nitrogens with one attached hydrogen (secondary N) is 2. The third-order valence-corrected chi connectivity index (χ3v) is 10.2. The van der Waals surface area contributed by atoms with Crippen molar-refractivity contribution in [1.29, 1.82) is 0 Å². The summed E-state index contributed by atoms with van der Waals surface area (Å²) in [7, 11) is 0. The van der Waals surface area contributed by atoms with Gasteiger partial charge >= 0.3 is 0 Å². The fraction of sp³-hybridized carbons (Fsp3) is 0.932. The summed E-state index contributed by atoms with van der Waals surface area (Å²) in [6.45, 7) is 10.4. The molecule has 0 bridgehead atoms. The van der Waals surface area contributed by atoms with E-state index in [2.05, 4.69) is 24.5 Å². The summed E-state index contributed by atoms with van der Waals surface area (Å²) < 4.78 is 17.9. The predicted octanol–water partition coefficient (Wildman–Crippen LogP) is 9.22. The second-order valence-corrected chi connectivity index (χ2v) is 16.0. The van der Waals surface area contributed by atoms with Crippen LogP contribution in [0.5, 0.6) is 0 Å². The van der Waals surface area contributed by atoms with E-state index in [4.69, 9.17) is 25.1 Å². The lowest BCUT2D eigenvalue weighted by atomic mass is 10.1. The third-order valence-electron chi connectivity index (χ3n) is 10.2. The number of nitrogens with two attached hydrogens (primary N) is 1. The Kier molecular flexibility index (Phi) is 36.9. The number of primary amides is 1. The van der Waals surface area contributed by atoms with Gasteiger partial charge < -0.3 is 35.7 Å². The van der Waals surface area contributed by atoms with Crippen LogP contribution in [-0.4, -0.2) is 80.2 Å². The number of hydrogen-bond acceptors (Lipinski definition) is 7. The molecular formula is C44H87N3O7. The van der Waals surface area contributed by atoms with Gasteiger partial charge in [0.2, 0.25) is 17.7 Å². The van der Waals surface area contributed by atoms with Crippen LogP contribution in [0.3, 0.4) is 0 Å². The van der Waals surface area contributed by atoms with Gasteiger partial charge in [-0.3, -0.25) is 14.4 Å². The van der Waals surface area contributed by atoms with Crippen molar-refractivity contribution in [3.05, 3.63) is 0 Å². The van der Waals surface area contributed by atoms with Gasteiger partial charge in [-0.05, 0) is 39.5 Å². The highest BCUT2D eigenvalue weighted by molar-refractivity contribution is 5.87. The summed E-state index contributed by atoms with van der Waals surface area (Å²) in [6.07, 6.45) is 31.5. The Labute approximate surface area is 331 Å². The first-order valence-electron chi connectivity index (χ1n) is 22.4. The van der Waals surface area contributed by atoms with Gasteiger partial charge in [-0.2, -0.15) is 0 Å². The second-order valence-electron chi connectivity index (χ2n) is 16.0. The zero-order valence-electron chi connectivity index (χ0n) is 35.7. The highest BCUT2D eigenvalue weighted by Crippen LogP contribution is 2.15. The van der Waals surface area contributed by atoms with E-state index >= 15 is 0 Å². The standard InChI is InChI=1S/C44H87N3O7/c1-5-7-9-11-13-15-17-19-21-23-25-27-34-52-38-39(53-35-28-26-24-22-20-18-16-14-12-10-8-6-2)37-46-41(49)30-29-40(43(45)51)47-42(50)31-36-54-44(3,4)32-33-48/h39-40,48H,5-38H2,1-4H3,(H2,45,51)(H,46,49)(H,47,50)/t39?,40-/m0/s1. The maximum absolute atomic E-state index is 12.8. The van der Waals surface area contributed by atoms with Crippen molar-refractivity contribution in [2.24, 2.45) is 5.73 Å². The minimum Gasteiger partial charge on any atom is -0.396 e. The molecule has 0 aromatic rings. The SMILES string of the molecule is CCCCCCCCCCCCCCOCC(CNC(=O)CC[C@H](NC(=O)CCOC(C)(C)CCO)C(N)=O)OCCCCCCCCCCCCCC. The van der Waals surface area contributed by atoms with Crippen molar-refractivity contribution in [2.75, 3.05) is 39.6 Å². The number of aliphatic hydroxyl groups is 1. The van der Waals surface area contributed by atoms with Crippen LogP contribution in [0.15, 0.2) is 0 Å². The normalized spacial score (nSPS) is 12.8. The summed E-state index contributed by atoms with van der Waals surface area (Å²) >= 11 is 0. The van der Waals surface area contributed by atoms with E-state index in [0.29, 0.717) is 32.8 Å². The Morgan fingerprint density at radius 2 is 1.09 bits per heavy atom. The maximum Gasteiger partial charge on any atom is 0.240 e. The van der Waals surface area contributed by atoms with Crippen molar-refractivity contribution in [2.45, 2.75) is 225 Å². The van der Waals surface area contributed by atoms with Crippen molar-refractivity contribution < 1.29 is 33.7 Å². The Morgan fingerprint density at radius 3 is 1.56 bits per heavy atom. The molecule has 0 spiro atoms. The Balaban J connectivity index is 4.51. The molecule has 320 valence electrons. The number of hydrogen-bond donors (Lipinski definition) is 4. The number of unbranched alkanes of at least 4 members (excludes halogenated alkanes) is 22. The molecule has 54 heavy (non-hydrogen) atoms. The van der Waals surface area contributed by atoms with Crippen LogP contribution in [0.1, 0.15) is 207 Å². The molecule has 0 heterocycles. The summed E-state index contributed by atoms with van der Waals surface area (Å²) in [4.78, 5) is 37.2. The number of ether oxygens (including phenoxy) is 3. The van der Waals surface area contributed by atoms with Gasteiger partial charge in [0.25, 0.3) is 0 Å². The lowest BCUT2D eigenvalue weighted by Gasteiger charge is -2.24. The lowest BCUT2D eigenvalue weighted by Crippen LogP contribution is -2.45. The molecule has 0 aliphatic carbocycles. The molecule has 5 N–H and O–H groups in total. The zero-order chi connectivity index (χ0) is 40.0. The van der Waals surface area contributed by atoms with Crippen molar-refractivity contribution in [3.8, 4) is 0 Å². The quantitative estimate of drug-likeness (QED) is 0.0453. The minimum absolute atomic E-state index is 0.0101. The lowest BCUT2D eigenvalue weighted by molar-refractivity contribution is -0.130. The van der Waals surface area contributed by atoms with Gasteiger partial charge in [-0.15, -0.1) is 0 Å². The fourth-order valence-corrected chi connectivity index (χ4v) is 6.52. The number of rotatable bonds is 42. The molecule has 0 aromatic carbocycles. The highest BCUT2D eigenvalue weighted by atomic mass is 16.5. The third kappa shape index (κ3) is 35.9. The smallest absolute Gasteiger partial charge is 0.240 e. The van der Waals surface area contributed by atoms with Gasteiger partial charge in [0.05, 0.1) is 31.3 Å². The van der Waals surface area contributed by atoms with Gasteiger partial charge in [-0.1, -0.05) is 155 Å². The second kappa shape index (κ2) is 38.1. The first-order chi connectivity index (χ1) is 26.1. The molecule has 0 saturated carbocycles. The van der Waals surface area contributed by atoms with Crippen LogP contribution in [0.25, 0.3) is 0 Å². The molecule has 0 fully saturated rings. The number of aliphatic hydroxyl groups excluding tert-OH is 1. The van der Waals surface area contributed by atoms with Crippen LogP contribution in [-0.2, 0) is 28.6 Å². The first-order valence-corrected chi connectivity index (χ1v) is 22.4. The zero-order valence-corrected chi connectivity index (χ0v) is 35.7. The van der Waals surface area contributed by atoms with Gasteiger partial charge in [0.1, 0.15) is 6.04 Å². The fourth-order valence-electron chi connectivity index (χ4n) is 6.52. The van der Waals surface area contributed by atoms with Gasteiger partial charge in [0.15, 0.2) is 0 Å². The molecule has 3 amide bonds. The van der Waals surface area contributed by atoms with Gasteiger partial charge in [-0.25, -0.2) is 0 Å². The molecule has 10 heteroatoms. The molecule has 0 radical (unpaired) electrons. The average molecular weight is 770 g/mol. The Morgan fingerprint density at radius 1 is 0.630 bits per heavy atom. The van der Waals surface area contributed by atoms with Crippen LogP contribution >= 0.6 is 0 Å². The molecule has 0 saturated heterocycles.